The van der Waals surface area contributed by atoms with Crippen LogP contribution >= 0.6 is 0 Å². The number of fused-ring (bicyclic) bond motifs is 1. The van der Waals surface area contributed by atoms with Gasteiger partial charge in [-0.2, -0.15) is 0 Å². The number of anilines is 1. The van der Waals surface area contributed by atoms with Crippen LogP contribution in [0.1, 0.15) is 5.56 Å². The maximum atomic E-state index is 10.9. The van der Waals surface area contributed by atoms with E-state index in [1.807, 2.05) is 29.7 Å². The van der Waals surface area contributed by atoms with Gasteiger partial charge in [-0.3, -0.25) is 5.21 Å². The third-order valence-electron chi connectivity index (χ3n) is 3.14. The fourth-order valence-corrected chi connectivity index (χ4v) is 2.18. The highest BCUT2D eigenvalue weighted by Crippen LogP contribution is 2.26. The zero-order valence-electron chi connectivity index (χ0n) is 10.4. The molecule has 0 aliphatic rings. The van der Waals surface area contributed by atoms with Crippen molar-refractivity contribution in [3.8, 4) is 11.1 Å². The molecule has 96 valence electrons. The average Bonchev–Trinajstić information content (AvgIpc) is 2.81. The van der Waals surface area contributed by atoms with Crippen molar-refractivity contribution in [3.05, 3.63) is 65.6 Å². The second-order valence-corrected chi connectivity index (χ2v) is 4.59. The first-order valence-electron chi connectivity index (χ1n) is 5.98. The van der Waals surface area contributed by atoms with Gasteiger partial charge in [0.25, 0.3) is 0 Å². The smallest absolute Gasteiger partial charge is 0.0514 e. The summed E-state index contributed by atoms with van der Waals surface area (Å²) in [6.45, 7) is 2.04. The molecule has 1 aromatic carbocycles. The van der Waals surface area contributed by atoms with Gasteiger partial charge in [0.15, 0.2) is 0 Å². The molecule has 0 aliphatic heterocycles. The molecule has 2 aromatic heterocycles. The van der Waals surface area contributed by atoms with Crippen molar-refractivity contribution < 1.29 is 5.21 Å². The van der Waals surface area contributed by atoms with E-state index in [-0.39, 0.29) is 10.9 Å². The highest BCUT2D eigenvalue weighted by molar-refractivity contribution is 5.73. The van der Waals surface area contributed by atoms with Crippen molar-refractivity contribution >= 4 is 11.2 Å². The molecule has 0 fully saturated rings. The number of nitrogens with zero attached hydrogens (tertiary/aromatic N) is 2. The molecule has 0 saturated heterocycles. The minimum absolute atomic E-state index is 0.122. The summed E-state index contributed by atoms with van der Waals surface area (Å²) in [6.07, 6.45) is 4.06. The van der Waals surface area contributed by atoms with Gasteiger partial charge < -0.3 is 14.8 Å². The van der Waals surface area contributed by atoms with Crippen LogP contribution in [0.25, 0.3) is 16.6 Å². The average molecular weight is 253 g/mol. The number of rotatable bonds is 2. The largest absolute Gasteiger partial charge is 0.733 e. The van der Waals surface area contributed by atoms with Crippen molar-refractivity contribution in [2.24, 2.45) is 0 Å². The Balaban J connectivity index is 2.11. The van der Waals surface area contributed by atoms with Crippen LogP contribution in [0, 0.1) is 12.1 Å². The van der Waals surface area contributed by atoms with Gasteiger partial charge in [-0.25, -0.2) is 0 Å². The van der Waals surface area contributed by atoms with Gasteiger partial charge >= 0.3 is 0 Å². The van der Waals surface area contributed by atoms with Crippen molar-refractivity contribution in [1.82, 2.24) is 4.40 Å². The molecule has 3 rings (SSSR count). The van der Waals surface area contributed by atoms with Gasteiger partial charge in [0.1, 0.15) is 0 Å². The Hall–Kier alpha value is -2.30. The lowest BCUT2D eigenvalue weighted by Crippen LogP contribution is -2.06. The second-order valence-electron chi connectivity index (χ2n) is 4.59. The van der Waals surface area contributed by atoms with Gasteiger partial charge in [0.2, 0.25) is 0 Å². The van der Waals surface area contributed by atoms with Gasteiger partial charge in [-0.1, -0.05) is 18.2 Å². The van der Waals surface area contributed by atoms with E-state index in [0.29, 0.717) is 0 Å². The van der Waals surface area contributed by atoms with E-state index in [4.69, 9.17) is 5.21 Å². The van der Waals surface area contributed by atoms with E-state index in [1.54, 1.807) is 18.2 Å². The topological polar surface area (TPSA) is 50.9 Å². The first-order valence-corrected chi connectivity index (χ1v) is 5.98. The Morgan fingerprint density at radius 3 is 2.68 bits per heavy atom. The minimum Gasteiger partial charge on any atom is -0.733 e. The third-order valence-corrected chi connectivity index (χ3v) is 3.14. The molecule has 0 spiro atoms. The van der Waals surface area contributed by atoms with Crippen LogP contribution in [-0.4, -0.2) is 9.61 Å². The summed E-state index contributed by atoms with van der Waals surface area (Å²) < 4.78 is 2.05. The maximum absolute atomic E-state index is 10.9. The van der Waals surface area contributed by atoms with E-state index in [1.165, 1.54) is 5.56 Å². The molecular formula is C15H13N2O2-. The Morgan fingerprint density at radius 2 is 1.89 bits per heavy atom. The van der Waals surface area contributed by atoms with Crippen LogP contribution in [-0.2, 0) is 0 Å². The van der Waals surface area contributed by atoms with Gasteiger partial charge in [0.05, 0.1) is 5.69 Å². The van der Waals surface area contributed by atoms with E-state index in [2.05, 4.69) is 18.3 Å². The molecule has 19 heavy (non-hydrogen) atoms. The summed E-state index contributed by atoms with van der Waals surface area (Å²) in [6, 6.07) is 13.0. The zero-order chi connectivity index (χ0) is 13.4. The third kappa shape index (κ3) is 2.19. The predicted octanol–water partition coefficient (Wildman–Crippen LogP) is 3.61. The maximum Gasteiger partial charge on any atom is 0.0514 e. The molecule has 2 heterocycles. The molecule has 0 saturated carbocycles. The van der Waals surface area contributed by atoms with Crippen LogP contribution < -0.4 is 5.23 Å². The molecule has 3 aromatic rings. The predicted molar refractivity (Wildman–Crippen MR) is 75.2 cm³/mol. The fraction of sp³-hybridized carbons (Fsp3) is 0.0667. The Kier molecular flexibility index (Phi) is 2.74. The number of benzene rings is 1. The highest BCUT2D eigenvalue weighted by atomic mass is 16.8. The van der Waals surface area contributed by atoms with E-state index in [0.717, 1.165) is 16.6 Å². The standard InChI is InChI=1S/C15H13N2O2/c1-11-5-6-14-8-13(10-16(14)9-11)12-3-2-4-15(7-12)17(18)19/h2-10,18H,1H3/q-1. The summed E-state index contributed by atoms with van der Waals surface area (Å²) in [5, 5.41) is 19.7. The first kappa shape index (κ1) is 11.8. The van der Waals surface area contributed by atoms with Crippen molar-refractivity contribution in [2.75, 3.05) is 5.23 Å². The monoisotopic (exact) mass is 253 g/mol. The lowest BCUT2D eigenvalue weighted by atomic mass is 10.1. The van der Waals surface area contributed by atoms with Crippen molar-refractivity contribution in [1.29, 1.82) is 0 Å². The number of pyridine rings is 1. The quantitative estimate of drug-likeness (QED) is 0.710. The molecule has 1 N–H and O–H groups in total. The molecule has 0 aliphatic carbocycles. The number of hydrogen-bond acceptors (Lipinski definition) is 3. The van der Waals surface area contributed by atoms with Crippen molar-refractivity contribution in [2.45, 2.75) is 6.92 Å². The first-order chi connectivity index (χ1) is 9.13. The molecule has 0 unspecified atom stereocenters. The molecule has 4 nitrogen and oxygen atoms in total. The van der Waals surface area contributed by atoms with Crippen LogP contribution in [0.3, 0.4) is 0 Å². The van der Waals surface area contributed by atoms with Gasteiger partial charge in [-0.05, 0) is 42.3 Å². The van der Waals surface area contributed by atoms with E-state index < -0.39 is 0 Å². The van der Waals surface area contributed by atoms with Gasteiger partial charge in [0, 0.05) is 23.5 Å². The Labute approximate surface area is 110 Å². The van der Waals surface area contributed by atoms with Crippen molar-refractivity contribution in [3.63, 3.8) is 0 Å². The van der Waals surface area contributed by atoms with Crippen LogP contribution in [0.2, 0.25) is 0 Å². The van der Waals surface area contributed by atoms with Crippen LogP contribution in [0.5, 0.6) is 0 Å². The fourth-order valence-electron chi connectivity index (χ4n) is 2.18. The summed E-state index contributed by atoms with van der Waals surface area (Å²) in [7, 11) is 0. The number of aryl methyl sites for hydroxylation is 1. The second kappa shape index (κ2) is 4.42. The zero-order valence-corrected chi connectivity index (χ0v) is 10.4. The summed E-state index contributed by atoms with van der Waals surface area (Å²) in [5.74, 6) is 0. The van der Waals surface area contributed by atoms with E-state index in [9.17, 15) is 5.21 Å². The minimum atomic E-state index is -0.122. The highest BCUT2D eigenvalue weighted by Gasteiger charge is 2.03. The molecule has 4 heteroatoms. The summed E-state index contributed by atoms with van der Waals surface area (Å²) in [5.41, 5.74) is 4.41. The number of hydrogen-bond donors (Lipinski definition) is 1. The molecule has 0 radical (unpaired) electrons. The Bertz CT molecular complexity index is 732. The van der Waals surface area contributed by atoms with Crippen LogP contribution in [0.15, 0.2) is 54.9 Å². The molecule has 0 bridgehead atoms. The molecular weight excluding hydrogens is 240 g/mol. The summed E-state index contributed by atoms with van der Waals surface area (Å²) in [4.78, 5) is 0. The lowest BCUT2D eigenvalue weighted by molar-refractivity contribution is 0.296. The molecule has 0 atom stereocenters. The van der Waals surface area contributed by atoms with Gasteiger partial charge in [-0.15, -0.1) is 0 Å². The summed E-state index contributed by atoms with van der Waals surface area (Å²) >= 11 is 0. The van der Waals surface area contributed by atoms with E-state index >= 15 is 0 Å². The number of aromatic nitrogens is 1. The molecule has 0 amide bonds. The lowest BCUT2D eigenvalue weighted by Gasteiger charge is -2.21. The Morgan fingerprint density at radius 1 is 1.05 bits per heavy atom. The van der Waals surface area contributed by atoms with Crippen LogP contribution in [0.4, 0.5) is 5.69 Å². The SMILES string of the molecule is Cc1ccc2cc(-c3cccc(N([O-])O)c3)cn2c1. The normalized spacial score (nSPS) is 10.9.